The highest BCUT2D eigenvalue weighted by Crippen LogP contribution is 2.18. The van der Waals surface area contributed by atoms with Crippen molar-refractivity contribution in [1.29, 1.82) is 0 Å². The molecule has 0 amide bonds. The summed E-state index contributed by atoms with van der Waals surface area (Å²) in [7, 11) is 0. The Kier molecular flexibility index (Phi) is 5.25. The van der Waals surface area contributed by atoms with Gasteiger partial charge in [-0.05, 0) is 61.8 Å². The largest absolute Gasteiger partial charge is 0.313 e. The van der Waals surface area contributed by atoms with E-state index in [0.717, 1.165) is 13.1 Å². The average Bonchev–Trinajstić information content (AvgIpc) is 2.56. The van der Waals surface area contributed by atoms with Gasteiger partial charge in [-0.3, -0.25) is 0 Å². The van der Waals surface area contributed by atoms with E-state index in [9.17, 15) is 0 Å². The average molecular weight is 282 g/mol. The van der Waals surface area contributed by atoms with Crippen molar-refractivity contribution < 1.29 is 0 Å². The van der Waals surface area contributed by atoms with Crippen LogP contribution in [-0.4, -0.2) is 31.1 Å². The number of hydrogen-bond acceptors (Lipinski definition) is 2. The number of benzene rings is 2. The van der Waals surface area contributed by atoms with Crippen LogP contribution >= 0.6 is 0 Å². The van der Waals surface area contributed by atoms with E-state index in [1.165, 1.54) is 61.7 Å². The van der Waals surface area contributed by atoms with Crippen LogP contribution in [0.3, 0.4) is 0 Å². The SMILES string of the molecule is c1ccc2c(CNCCCN3CCCCC3)cccc2c1. The fourth-order valence-electron chi connectivity index (χ4n) is 3.28. The first-order chi connectivity index (χ1) is 10.4. The summed E-state index contributed by atoms with van der Waals surface area (Å²) in [5.41, 5.74) is 1.41. The Balaban J connectivity index is 1.44. The van der Waals surface area contributed by atoms with Crippen LogP contribution in [0.4, 0.5) is 0 Å². The zero-order valence-electron chi connectivity index (χ0n) is 12.9. The first-order valence-corrected chi connectivity index (χ1v) is 8.33. The molecule has 1 fully saturated rings. The minimum atomic E-state index is 0.974. The van der Waals surface area contributed by atoms with Crippen molar-refractivity contribution >= 4 is 10.8 Å². The summed E-state index contributed by atoms with van der Waals surface area (Å²) in [6.07, 6.45) is 5.47. The van der Waals surface area contributed by atoms with Crippen LogP contribution < -0.4 is 5.32 Å². The van der Waals surface area contributed by atoms with Crippen LogP contribution in [-0.2, 0) is 6.54 Å². The molecule has 0 radical (unpaired) electrons. The molecule has 21 heavy (non-hydrogen) atoms. The summed E-state index contributed by atoms with van der Waals surface area (Å²) in [4.78, 5) is 2.61. The van der Waals surface area contributed by atoms with Gasteiger partial charge in [0.05, 0.1) is 0 Å². The molecule has 2 aromatic carbocycles. The second kappa shape index (κ2) is 7.58. The van der Waals surface area contributed by atoms with Gasteiger partial charge in [0, 0.05) is 6.54 Å². The van der Waals surface area contributed by atoms with Gasteiger partial charge in [0.25, 0.3) is 0 Å². The molecule has 2 nitrogen and oxygen atoms in total. The van der Waals surface area contributed by atoms with Crippen molar-refractivity contribution in [3.05, 3.63) is 48.0 Å². The van der Waals surface area contributed by atoms with Gasteiger partial charge in [-0.15, -0.1) is 0 Å². The Labute approximate surface area is 128 Å². The smallest absolute Gasteiger partial charge is 0.0211 e. The van der Waals surface area contributed by atoms with Crippen LogP contribution in [0.2, 0.25) is 0 Å². The molecule has 0 atom stereocenters. The predicted molar refractivity (Wildman–Crippen MR) is 90.6 cm³/mol. The number of hydrogen-bond donors (Lipinski definition) is 1. The lowest BCUT2D eigenvalue weighted by Crippen LogP contribution is -2.32. The Morgan fingerprint density at radius 2 is 1.71 bits per heavy atom. The summed E-state index contributed by atoms with van der Waals surface area (Å²) >= 11 is 0. The van der Waals surface area contributed by atoms with Gasteiger partial charge in [-0.25, -0.2) is 0 Å². The van der Waals surface area contributed by atoms with Gasteiger partial charge < -0.3 is 10.2 Å². The summed E-state index contributed by atoms with van der Waals surface area (Å²) in [5, 5.41) is 6.32. The molecule has 1 saturated heterocycles. The van der Waals surface area contributed by atoms with Crippen LogP contribution in [0, 0.1) is 0 Å². The fraction of sp³-hybridized carbons (Fsp3) is 0.474. The van der Waals surface area contributed by atoms with Crippen molar-refractivity contribution in [3.63, 3.8) is 0 Å². The molecule has 0 saturated carbocycles. The highest BCUT2D eigenvalue weighted by Gasteiger charge is 2.08. The predicted octanol–water partition coefficient (Wildman–Crippen LogP) is 3.81. The lowest BCUT2D eigenvalue weighted by molar-refractivity contribution is 0.225. The molecule has 1 aliphatic rings. The number of piperidine rings is 1. The molecular formula is C19H26N2. The van der Waals surface area contributed by atoms with Crippen LogP contribution in [0.15, 0.2) is 42.5 Å². The zero-order valence-corrected chi connectivity index (χ0v) is 12.9. The highest BCUT2D eigenvalue weighted by molar-refractivity contribution is 5.85. The lowest BCUT2D eigenvalue weighted by atomic mass is 10.0. The van der Waals surface area contributed by atoms with Crippen molar-refractivity contribution in [1.82, 2.24) is 10.2 Å². The van der Waals surface area contributed by atoms with Crippen LogP contribution in [0.5, 0.6) is 0 Å². The van der Waals surface area contributed by atoms with Crippen molar-refractivity contribution in [2.45, 2.75) is 32.2 Å². The molecule has 1 aliphatic heterocycles. The molecule has 0 aliphatic carbocycles. The van der Waals surface area contributed by atoms with Gasteiger partial charge in [0.15, 0.2) is 0 Å². The lowest BCUT2D eigenvalue weighted by Gasteiger charge is -2.26. The zero-order chi connectivity index (χ0) is 14.3. The van der Waals surface area contributed by atoms with E-state index in [2.05, 4.69) is 52.7 Å². The van der Waals surface area contributed by atoms with E-state index in [1.807, 2.05) is 0 Å². The number of fused-ring (bicyclic) bond motifs is 1. The second-order valence-electron chi connectivity index (χ2n) is 6.07. The van der Waals surface area contributed by atoms with E-state index in [4.69, 9.17) is 0 Å². The Hall–Kier alpha value is -1.38. The monoisotopic (exact) mass is 282 g/mol. The number of likely N-dealkylation sites (tertiary alicyclic amines) is 1. The van der Waals surface area contributed by atoms with Gasteiger partial charge in [0.1, 0.15) is 0 Å². The maximum Gasteiger partial charge on any atom is 0.0211 e. The van der Waals surface area contributed by atoms with Gasteiger partial charge in [-0.2, -0.15) is 0 Å². The Bertz CT molecular complexity index is 553. The molecule has 0 spiro atoms. The van der Waals surface area contributed by atoms with E-state index in [0.29, 0.717) is 0 Å². The molecule has 112 valence electrons. The molecule has 0 unspecified atom stereocenters. The fourth-order valence-corrected chi connectivity index (χ4v) is 3.28. The third-order valence-corrected chi connectivity index (χ3v) is 4.47. The van der Waals surface area contributed by atoms with Crippen molar-refractivity contribution in [2.75, 3.05) is 26.2 Å². The third kappa shape index (κ3) is 4.05. The first kappa shape index (κ1) is 14.6. The molecule has 3 rings (SSSR count). The molecule has 2 heteroatoms. The van der Waals surface area contributed by atoms with E-state index in [-0.39, 0.29) is 0 Å². The summed E-state index contributed by atoms with van der Waals surface area (Å²) in [5.74, 6) is 0. The van der Waals surface area contributed by atoms with E-state index < -0.39 is 0 Å². The molecule has 0 aromatic heterocycles. The van der Waals surface area contributed by atoms with E-state index in [1.54, 1.807) is 0 Å². The summed E-state index contributed by atoms with van der Waals surface area (Å²) in [6.45, 7) is 5.95. The minimum Gasteiger partial charge on any atom is -0.313 e. The maximum absolute atomic E-state index is 3.61. The highest BCUT2D eigenvalue weighted by atomic mass is 15.1. The van der Waals surface area contributed by atoms with Gasteiger partial charge in [-0.1, -0.05) is 48.9 Å². The third-order valence-electron chi connectivity index (χ3n) is 4.47. The van der Waals surface area contributed by atoms with Crippen molar-refractivity contribution in [2.24, 2.45) is 0 Å². The molecule has 0 bridgehead atoms. The standard InChI is InChI=1S/C19H26N2/c1-4-13-21(14-5-1)15-7-12-20-16-18-10-6-9-17-8-2-3-11-19(17)18/h2-3,6,8-11,20H,1,4-5,7,12-16H2. The molecule has 1 heterocycles. The Morgan fingerprint density at radius 3 is 2.62 bits per heavy atom. The normalized spacial score (nSPS) is 16.4. The quantitative estimate of drug-likeness (QED) is 0.811. The Morgan fingerprint density at radius 1 is 0.905 bits per heavy atom. The van der Waals surface area contributed by atoms with Crippen LogP contribution in [0.1, 0.15) is 31.2 Å². The first-order valence-electron chi connectivity index (χ1n) is 8.33. The van der Waals surface area contributed by atoms with Gasteiger partial charge >= 0.3 is 0 Å². The maximum atomic E-state index is 3.61. The number of rotatable bonds is 6. The molecule has 1 N–H and O–H groups in total. The minimum absolute atomic E-state index is 0.974. The van der Waals surface area contributed by atoms with Gasteiger partial charge in [0.2, 0.25) is 0 Å². The van der Waals surface area contributed by atoms with Crippen molar-refractivity contribution in [3.8, 4) is 0 Å². The molecule has 2 aromatic rings. The summed E-state index contributed by atoms with van der Waals surface area (Å²) in [6, 6.07) is 15.2. The summed E-state index contributed by atoms with van der Waals surface area (Å²) < 4.78 is 0. The number of nitrogens with zero attached hydrogens (tertiary/aromatic N) is 1. The number of nitrogens with one attached hydrogen (secondary N) is 1. The molecular weight excluding hydrogens is 256 g/mol. The topological polar surface area (TPSA) is 15.3 Å². The van der Waals surface area contributed by atoms with Crippen LogP contribution in [0.25, 0.3) is 10.8 Å². The second-order valence-corrected chi connectivity index (χ2v) is 6.07. The van der Waals surface area contributed by atoms with E-state index >= 15 is 0 Å².